The number of alkyl halides is 3. The predicted octanol–water partition coefficient (Wildman–Crippen LogP) is 2.28. The van der Waals surface area contributed by atoms with Gasteiger partial charge in [-0.3, -0.25) is 0 Å². The van der Waals surface area contributed by atoms with E-state index in [2.05, 4.69) is 4.74 Å². The molecule has 5 heteroatoms. The molecule has 0 spiro atoms. The Bertz CT molecular complexity index is 172. The Morgan fingerprint density at radius 2 is 1.75 bits per heavy atom. The second kappa shape index (κ2) is 3.33. The van der Waals surface area contributed by atoms with Crippen LogP contribution >= 0.6 is 0 Å². The predicted molar refractivity (Wildman–Crippen MR) is 36.5 cm³/mol. The Balaban J connectivity index is 4.20. The van der Waals surface area contributed by atoms with Crippen molar-refractivity contribution in [2.45, 2.75) is 39.0 Å². The van der Waals surface area contributed by atoms with Gasteiger partial charge in [0.1, 0.15) is 5.60 Å². The standard InChI is InChI=1S/C7H11F3O2/c1-4-6(2,3)12-5(11)7(8,9)10/h4H2,1-3H3. The van der Waals surface area contributed by atoms with Gasteiger partial charge in [0.05, 0.1) is 0 Å². The molecule has 0 aliphatic heterocycles. The lowest BCUT2D eigenvalue weighted by Crippen LogP contribution is -2.35. The topological polar surface area (TPSA) is 26.3 Å². The van der Waals surface area contributed by atoms with E-state index in [9.17, 15) is 18.0 Å². The molecule has 0 heterocycles. The van der Waals surface area contributed by atoms with Crippen molar-refractivity contribution in [3.63, 3.8) is 0 Å². The molecular formula is C7H11F3O2. The molecule has 0 aromatic heterocycles. The van der Waals surface area contributed by atoms with Gasteiger partial charge < -0.3 is 4.74 Å². The van der Waals surface area contributed by atoms with E-state index >= 15 is 0 Å². The number of hydrogen-bond donors (Lipinski definition) is 0. The van der Waals surface area contributed by atoms with Crippen LogP contribution < -0.4 is 0 Å². The summed E-state index contributed by atoms with van der Waals surface area (Å²) in [7, 11) is 0. The summed E-state index contributed by atoms with van der Waals surface area (Å²) in [6, 6.07) is 0. The maximum Gasteiger partial charge on any atom is 0.490 e. The van der Waals surface area contributed by atoms with Crippen LogP contribution in [-0.2, 0) is 9.53 Å². The summed E-state index contributed by atoms with van der Waals surface area (Å²) in [6.07, 6.45) is -4.55. The highest BCUT2D eigenvalue weighted by Crippen LogP contribution is 2.22. The van der Waals surface area contributed by atoms with Crippen molar-refractivity contribution in [2.24, 2.45) is 0 Å². The van der Waals surface area contributed by atoms with Crippen LogP contribution in [0.5, 0.6) is 0 Å². The van der Waals surface area contributed by atoms with E-state index in [1.54, 1.807) is 6.92 Å². The maximum atomic E-state index is 11.6. The molecule has 0 bridgehead atoms. The van der Waals surface area contributed by atoms with Crippen molar-refractivity contribution in [3.8, 4) is 0 Å². The zero-order valence-electron chi connectivity index (χ0n) is 7.16. The lowest BCUT2D eigenvalue weighted by Gasteiger charge is -2.23. The van der Waals surface area contributed by atoms with Crippen LogP contribution in [0.15, 0.2) is 0 Å². The van der Waals surface area contributed by atoms with E-state index in [4.69, 9.17) is 0 Å². The minimum Gasteiger partial charge on any atom is -0.453 e. The smallest absolute Gasteiger partial charge is 0.453 e. The van der Waals surface area contributed by atoms with Gasteiger partial charge in [-0.05, 0) is 20.3 Å². The van der Waals surface area contributed by atoms with E-state index in [0.29, 0.717) is 6.42 Å². The van der Waals surface area contributed by atoms with E-state index in [1.165, 1.54) is 13.8 Å². The molecule has 0 radical (unpaired) electrons. The Morgan fingerprint density at radius 3 is 2.00 bits per heavy atom. The molecule has 0 N–H and O–H groups in total. The minimum atomic E-state index is -4.90. The monoisotopic (exact) mass is 184 g/mol. The molecule has 0 aromatic rings. The Morgan fingerprint density at radius 1 is 1.33 bits per heavy atom. The molecule has 0 aromatic carbocycles. The number of carbonyl (C=O) groups excluding carboxylic acids is 1. The minimum absolute atomic E-state index is 0.342. The molecule has 0 unspecified atom stereocenters. The van der Waals surface area contributed by atoms with Crippen LogP contribution in [0.25, 0.3) is 0 Å². The van der Waals surface area contributed by atoms with Crippen LogP contribution in [0.2, 0.25) is 0 Å². The fourth-order valence-corrected chi connectivity index (χ4v) is 0.381. The number of rotatable bonds is 2. The molecule has 0 aliphatic carbocycles. The first-order valence-electron chi connectivity index (χ1n) is 3.49. The second-order valence-corrected chi connectivity index (χ2v) is 3.00. The first-order chi connectivity index (χ1) is 5.19. The molecule has 0 fully saturated rings. The fourth-order valence-electron chi connectivity index (χ4n) is 0.381. The van der Waals surface area contributed by atoms with Crippen LogP contribution in [0.1, 0.15) is 27.2 Å². The van der Waals surface area contributed by atoms with Gasteiger partial charge in [0.25, 0.3) is 0 Å². The second-order valence-electron chi connectivity index (χ2n) is 3.00. The zero-order valence-corrected chi connectivity index (χ0v) is 7.16. The molecule has 0 amide bonds. The summed E-state index contributed by atoms with van der Waals surface area (Å²) in [5.41, 5.74) is -1.05. The average molecular weight is 184 g/mol. The summed E-state index contributed by atoms with van der Waals surface area (Å²) in [5, 5.41) is 0. The van der Waals surface area contributed by atoms with Crippen molar-refractivity contribution >= 4 is 5.97 Å². The molecule has 2 nitrogen and oxygen atoms in total. The molecule has 0 aliphatic rings. The Hall–Kier alpha value is -0.740. The molecular weight excluding hydrogens is 173 g/mol. The van der Waals surface area contributed by atoms with Gasteiger partial charge >= 0.3 is 12.1 Å². The van der Waals surface area contributed by atoms with E-state index in [1.807, 2.05) is 0 Å². The largest absolute Gasteiger partial charge is 0.490 e. The highest BCUT2D eigenvalue weighted by Gasteiger charge is 2.43. The lowest BCUT2D eigenvalue weighted by atomic mass is 10.1. The fraction of sp³-hybridized carbons (Fsp3) is 0.857. The zero-order chi connectivity index (χ0) is 9.99. The third-order valence-corrected chi connectivity index (χ3v) is 1.45. The van der Waals surface area contributed by atoms with E-state index < -0.39 is 17.7 Å². The number of hydrogen-bond acceptors (Lipinski definition) is 2. The summed E-state index contributed by atoms with van der Waals surface area (Å²) >= 11 is 0. The van der Waals surface area contributed by atoms with Crippen LogP contribution in [-0.4, -0.2) is 17.7 Å². The quantitative estimate of drug-likeness (QED) is 0.615. The molecule has 0 atom stereocenters. The first kappa shape index (κ1) is 11.3. The Kier molecular flexibility index (Phi) is 3.12. The number of carbonyl (C=O) groups is 1. The van der Waals surface area contributed by atoms with Crippen molar-refractivity contribution in [1.29, 1.82) is 0 Å². The third kappa shape index (κ3) is 3.59. The lowest BCUT2D eigenvalue weighted by molar-refractivity contribution is -0.211. The van der Waals surface area contributed by atoms with Crippen molar-refractivity contribution in [1.82, 2.24) is 0 Å². The van der Waals surface area contributed by atoms with Gasteiger partial charge in [-0.15, -0.1) is 0 Å². The highest BCUT2D eigenvalue weighted by atomic mass is 19.4. The van der Waals surface area contributed by atoms with Crippen molar-refractivity contribution < 1.29 is 22.7 Å². The van der Waals surface area contributed by atoms with Gasteiger partial charge in [-0.2, -0.15) is 13.2 Å². The summed E-state index contributed by atoms with van der Waals surface area (Å²) < 4.78 is 39.1. The van der Waals surface area contributed by atoms with Crippen LogP contribution in [0.4, 0.5) is 13.2 Å². The summed E-state index contributed by atoms with van der Waals surface area (Å²) in [6.45, 7) is 4.50. The van der Waals surface area contributed by atoms with Crippen LogP contribution in [0, 0.1) is 0 Å². The van der Waals surface area contributed by atoms with Crippen molar-refractivity contribution in [2.75, 3.05) is 0 Å². The van der Waals surface area contributed by atoms with Crippen LogP contribution in [0.3, 0.4) is 0 Å². The molecule has 72 valence electrons. The van der Waals surface area contributed by atoms with Crippen molar-refractivity contribution in [3.05, 3.63) is 0 Å². The summed E-state index contributed by atoms with van der Waals surface area (Å²) in [4.78, 5) is 10.3. The van der Waals surface area contributed by atoms with Gasteiger partial charge in [-0.25, -0.2) is 4.79 Å². The molecule has 0 rings (SSSR count). The number of halogens is 3. The van der Waals surface area contributed by atoms with Gasteiger partial charge in [-0.1, -0.05) is 6.92 Å². The SMILES string of the molecule is CCC(C)(C)OC(=O)C(F)(F)F. The number of ether oxygens (including phenoxy) is 1. The van der Waals surface area contributed by atoms with Gasteiger partial charge in [0, 0.05) is 0 Å². The maximum absolute atomic E-state index is 11.6. The third-order valence-electron chi connectivity index (χ3n) is 1.45. The van der Waals surface area contributed by atoms with E-state index in [-0.39, 0.29) is 0 Å². The number of esters is 1. The van der Waals surface area contributed by atoms with E-state index in [0.717, 1.165) is 0 Å². The normalized spacial score (nSPS) is 12.8. The first-order valence-corrected chi connectivity index (χ1v) is 3.49. The summed E-state index contributed by atoms with van der Waals surface area (Å²) in [5.74, 6) is -2.13. The van der Waals surface area contributed by atoms with Gasteiger partial charge in [0.15, 0.2) is 0 Å². The highest BCUT2D eigenvalue weighted by molar-refractivity contribution is 5.76. The van der Waals surface area contributed by atoms with Gasteiger partial charge in [0.2, 0.25) is 0 Å². The molecule has 12 heavy (non-hydrogen) atoms. The molecule has 0 saturated carbocycles. The average Bonchev–Trinajstić information content (AvgIpc) is 1.85. The Labute approximate surface area is 68.7 Å². The molecule has 0 saturated heterocycles.